The van der Waals surface area contributed by atoms with Gasteiger partial charge in [-0.2, -0.15) is 9.97 Å². The van der Waals surface area contributed by atoms with Crippen molar-refractivity contribution in [3.05, 3.63) is 5.28 Å². The van der Waals surface area contributed by atoms with E-state index in [1.165, 1.54) is 19.3 Å². The Hall–Kier alpha value is -1.10. The van der Waals surface area contributed by atoms with E-state index in [-0.39, 0.29) is 17.3 Å². The van der Waals surface area contributed by atoms with Crippen molar-refractivity contribution < 1.29 is 9.47 Å². The van der Waals surface area contributed by atoms with Gasteiger partial charge in [0.25, 0.3) is 0 Å². The van der Waals surface area contributed by atoms with Crippen LogP contribution >= 0.6 is 11.6 Å². The summed E-state index contributed by atoms with van der Waals surface area (Å²) >= 11 is 5.79. The molecule has 1 saturated carbocycles. The first-order valence-corrected chi connectivity index (χ1v) is 6.83. The number of rotatable bonds is 7. The molecule has 0 atom stereocenters. The molecule has 0 aliphatic heterocycles. The van der Waals surface area contributed by atoms with Crippen molar-refractivity contribution in [1.29, 1.82) is 0 Å². The SMILES string of the molecule is CCCOc1nc(Cl)nc(OCCC2CCC2)n1. The average molecular weight is 272 g/mol. The number of hydrogen-bond donors (Lipinski definition) is 0. The minimum atomic E-state index is 0.106. The van der Waals surface area contributed by atoms with Crippen molar-refractivity contribution in [2.45, 2.75) is 39.0 Å². The van der Waals surface area contributed by atoms with Gasteiger partial charge in [-0.3, -0.25) is 0 Å². The molecule has 1 fully saturated rings. The summed E-state index contributed by atoms with van der Waals surface area (Å²) in [6.45, 7) is 3.19. The summed E-state index contributed by atoms with van der Waals surface area (Å²) in [5, 5.41) is 0.106. The van der Waals surface area contributed by atoms with Crippen molar-refractivity contribution in [2.75, 3.05) is 13.2 Å². The highest BCUT2D eigenvalue weighted by molar-refractivity contribution is 6.28. The van der Waals surface area contributed by atoms with Crippen LogP contribution in [0.25, 0.3) is 0 Å². The lowest BCUT2D eigenvalue weighted by Crippen LogP contribution is -2.15. The summed E-state index contributed by atoms with van der Waals surface area (Å²) < 4.78 is 10.8. The zero-order valence-electron chi connectivity index (χ0n) is 10.6. The molecule has 5 nitrogen and oxygen atoms in total. The van der Waals surface area contributed by atoms with Gasteiger partial charge >= 0.3 is 12.0 Å². The van der Waals surface area contributed by atoms with Gasteiger partial charge in [-0.1, -0.05) is 26.2 Å². The molecule has 0 bridgehead atoms. The molecule has 6 heteroatoms. The van der Waals surface area contributed by atoms with E-state index >= 15 is 0 Å². The van der Waals surface area contributed by atoms with Crippen molar-refractivity contribution in [3.8, 4) is 12.0 Å². The number of aromatic nitrogens is 3. The molecule has 0 saturated heterocycles. The molecular weight excluding hydrogens is 254 g/mol. The van der Waals surface area contributed by atoms with Crippen LogP contribution in [0.3, 0.4) is 0 Å². The maximum Gasteiger partial charge on any atom is 0.323 e. The van der Waals surface area contributed by atoms with Crippen molar-refractivity contribution in [1.82, 2.24) is 15.0 Å². The highest BCUT2D eigenvalue weighted by Gasteiger charge is 2.17. The Morgan fingerprint density at radius 3 is 2.33 bits per heavy atom. The van der Waals surface area contributed by atoms with Gasteiger partial charge in [0.2, 0.25) is 5.28 Å². The standard InChI is InChI=1S/C12H18ClN3O2/c1-2-7-17-11-14-10(13)15-12(16-11)18-8-6-9-4-3-5-9/h9H,2-8H2,1H3. The third-order valence-electron chi connectivity index (χ3n) is 2.98. The lowest BCUT2D eigenvalue weighted by atomic mass is 9.83. The van der Waals surface area contributed by atoms with Crippen LogP contribution in [0, 0.1) is 5.92 Å². The minimum Gasteiger partial charge on any atom is -0.463 e. The van der Waals surface area contributed by atoms with E-state index in [2.05, 4.69) is 15.0 Å². The number of ether oxygens (including phenoxy) is 2. The smallest absolute Gasteiger partial charge is 0.323 e. The molecular formula is C12H18ClN3O2. The fraction of sp³-hybridized carbons (Fsp3) is 0.750. The van der Waals surface area contributed by atoms with Crippen LogP contribution in [-0.2, 0) is 0 Å². The molecule has 0 amide bonds. The second-order valence-corrected chi connectivity index (χ2v) is 4.79. The molecule has 0 N–H and O–H groups in total. The Labute approximate surface area is 112 Å². The van der Waals surface area contributed by atoms with E-state index in [0.717, 1.165) is 18.8 Å². The molecule has 1 aromatic rings. The summed E-state index contributed by atoms with van der Waals surface area (Å²) in [5.74, 6) is 0.804. The van der Waals surface area contributed by atoms with Gasteiger partial charge in [-0.15, -0.1) is 4.98 Å². The van der Waals surface area contributed by atoms with E-state index in [9.17, 15) is 0 Å². The molecule has 2 rings (SSSR count). The second-order valence-electron chi connectivity index (χ2n) is 4.45. The average Bonchev–Trinajstić information content (AvgIpc) is 2.29. The van der Waals surface area contributed by atoms with Crippen molar-refractivity contribution in [3.63, 3.8) is 0 Å². The van der Waals surface area contributed by atoms with Gasteiger partial charge < -0.3 is 9.47 Å². The summed E-state index contributed by atoms with van der Waals surface area (Å²) in [5.41, 5.74) is 0. The molecule has 100 valence electrons. The first-order chi connectivity index (χ1) is 8.78. The maximum atomic E-state index is 5.79. The molecule has 1 aliphatic carbocycles. The van der Waals surface area contributed by atoms with E-state index < -0.39 is 0 Å². The Balaban J connectivity index is 1.83. The molecule has 1 aliphatic rings. The van der Waals surface area contributed by atoms with Crippen LogP contribution in [0.4, 0.5) is 0 Å². The van der Waals surface area contributed by atoms with Crippen molar-refractivity contribution in [2.24, 2.45) is 5.92 Å². The first kappa shape index (κ1) is 13.3. The Bertz CT molecular complexity index is 386. The normalized spacial score (nSPS) is 15.2. The Morgan fingerprint density at radius 1 is 1.11 bits per heavy atom. The highest BCUT2D eigenvalue weighted by atomic mass is 35.5. The topological polar surface area (TPSA) is 57.1 Å². The quantitative estimate of drug-likeness (QED) is 0.763. The van der Waals surface area contributed by atoms with E-state index in [4.69, 9.17) is 21.1 Å². The summed E-state index contributed by atoms with van der Waals surface area (Å²) in [6, 6.07) is 0.482. The Morgan fingerprint density at radius 2 is 1.78 bits per heavy atom. The summed E-state index contributed by atoms with van der Waals surface area (Å²) in [7, 11) is 0. The van der Waals surface area contributed by atoms with Crippen LogP contribution < -0.4 is 9.47 Å². The van der Waals surface area contributed by atoms with E-state index in [1.54, 1.807) is 0 Å². The molecule has 18 heavy (non-hydrogen) atoms. The monoisotopic (exact) mass is 271 g/mol. The summed E-state index contributed by atoms with van der Waals surface area (Å²) in [6.07, 6.45) is 5.91. The molecule has 0 unspecified atom stereocenters. The largest absolute Gasteiger partial charge is 0.463 e. The zero-order chi connectivity index (χ0) is 12.8. The number of halogens is 1. The van der Waals surface area contributed by atoms with Gasteiger partial charge in [0.1, 0.15) is 0 Å². The summed E-state index contributed by atoms with van der Waals surface area (Å²) in [4.78, 5) is 11.9. The third-order valence-corrected chi connectivity index (χ3v) is 3.15. The zero-order valence-corrected chi connectivity index (χ0v) is 11.3. The van der Waals surface area contributed by atoms with E-state index in [0.29, 0.717) is 13.2 Å². The van der Waals surface area contributed by atoms with E-state index in [1.807, 2.05) is 6.92 Å². The fourth-order valence-electron chi connectivity index (χ4n) is 1.74. The van der Waals surface area contributed by atoms with Gasteiger partial charge in [-0.05, 0) is 30.4 Å². The van der Waals surface area contributed by atoms with Gasteiger partial charge in [-0.25, -0.2) is 0 Å². The molecule has 0 aromatic carbocycles. The van der Waals surface area contributed by atoms with Crippen molar-refractivity contribution >= 4 is 11.6 Å². The van der Waals surface area contributed by atoms with Crippen LogP contribution in [0.2, 0.25) is 5.28 Å². The Kier molecular flexibility index (Phi) is 4.99. The minimum absolute atomic E-state index is 0.106. The lowest BCUT2D eigenvalue weighted by molar-refractivity contribution is 0.207. The van der Waals surface area contributed by atoms with Crippen LogP contribution in [0.15, 0.2) is 0 Å². The molecule has 0 radical (unpaired) electrons. The van der Waals surface area contributed by atoms with Crippen LogP contribution in [0.5, 0.6) is 12.0 Å². The number of nitrogens with zero attached hydrogens (tertiary/aromatic N) is 3. The first-order valence-electron chi connectivity index (χ1n) is 6.45. The van der Waals surface area contributed by atoms with Gasteiger partial charge in [0, 0.05) is 0 Å². The predicted octanol–water partition coefficient (Wildman–Crippen LogP) is 2.88. The molecule has 0 spiro atoms. The molecule has 1 heterocycles. The fourth-order valence-corrected chi connectivity index (χ4v) is 1.88. The lowest BCUT2D eigenvalue weighted by Gasteiger charge is -2.24. The van der Waals surface area contributed by atoms with Crippen LogP contribution in [-0.4, -0.2) is 28.2 Å². The second kappa shape index (κ2) is 6.73. The highest BCUT2D eigenvalue weighted by Crippen LogP contribution is 2.29. The van der Waals surface area contributed by atoms with Gasteiger partial charge in [0.15, 0.2) is 0 Å². The predicted molar refractivity (Wildman–Crippen MR) is 68.1 cm³/mol. The third kappa shape index (κ3) is 3.98. The van der Waals surface area contributed by atoms with Gasteiger partial charge in [0.05, 0.1) is 13.2 Å². The maximum absolute atomic E-state index is 5.79. The molecule has 1 aromatic heterocycles. The van der Waals surface area contributed by atoms with Crippen LogP contribution in [0.1, 0.15) is 39.0 Å². The number of hydrogen-bond acceptors (Lipinski definition) is 5.